The van der Waals surface area contributed by atoms with Gasteiger partial charge in [-0.25, -0.2) is 0 Å². The summed E-state index contributed by atoms with van der Waals surface area (Å²) >= 11 is 0. The van der Waals surface area contributed by atoms with Crippen LogP contribution >= 0.6 is 0 Å². The Morgan fingerprint density at radius 2 is 2.00 bits per heavy atom. The van der Waals surface area contributed by atoms with Gasteiger partial charge < -0.3 is 0 Å². The first kappa shape index (κ1) is 9.09. The van der Waals surface area contributed by atoms with Gasteiger partial charge in [0.25, 0.3) is 0 Å². The molecule has 0 aromatic heterocycles. The normalized spacial score (nSPS) is 36.0. The molecule has 0 heterocycles. The molecule has 66 valence electrons. The summed E-state index contributed by atoms with van der Waals surface area (Å²) in [5, 5.41) is 0. The van der Waals surface area contributed by atoms with E-state index in [2.05, 4.69) is 27.7 Å². The van der Waals surface area contributed by atoms with E-state index < -0.39 is 0 Å². The Hall–Kier alpha value is 0. The summed E-state index contributed by atoms with van der Waals surface area (Å²) < 4.78 is 0. The molecule has 0 aliphatic heterocycles. The van der Waals surface area contributed by atoms with Crippen LogP contribution in [0, 0.1) is 17.3 Å². The third-order valence-corrected chi connectivity index (χ3v) is 3.53. The molecule has 0 aromatic carbocycles. The van der Waals surface area contributed by atoms with E-state index in [0.717, 1.165) is 11.8 Å². The Kier molecular flexibility index (Phi) is 2.61. The molecule has 0 bridgehead atoms. The molecular weight excluding hydrogens is 132 g/mol. The molecule has 2 atom stereocenters. The predicted octanol–water partition coefficient (Wildman–Crippen LogP) is 3.86. The van der Waals surface area contributed by atoms with Gasteiger partial charge in [-0.05, 0) is 36.5 Å². The molecule has 1 aliphatic carbocycles. The van der Waals surface area contributed by atoms with Crippen molar-refractivity contribution in [3.8, 4) is 0 Å². The zero-order valence-corrected chi connectivity index (χ0v) is 8.48. The fourth-order valence-corrected chi connectivity index (χ4v) is 2.74. The van der Waals surface area contributed by atoms with Crippen molar-refractivity contribution < 1.29 is 0 Å². The number of rotatable bonds is 2. The van der Waals surface area contributed by atoms with Crippen LogP contribution in [0.5, 0.6) is 0 Å². The van der Waals surface area contributed by atoms with Gasteiger partial charge in [-0.2, -0.15) is 0 Å². The molecule has 0 aromatic rings. The largest absolute Gasteiger partial charge is 0.0654 e. The smallest absolute Gasteiger partial charge is 0.0323 e. The molecule has 1 saturated carbocycles. The minimum atomic E-state index is 0.634. The monoisotopic (exact) mass is 154 g/mol. The Labute approximate surface area is 71.4 Å². The van der Waals surface area contributed by atoms with E-state index in [-0.39, 0.29) is 0 Å². The lowest BCUT2D eigenvalue weighted by Gasteiger charge is -2.29. The molecule has 0 amide bonds. The van der Waals surface area contributed by atoms with Crippen LogP contribution in [0.1, 0.15) is 53.4 Å². The topological polar surface area (TPSA) is 0 Å². The third kappa shape index (κ3) is 1.77. The highest BCUT2D eigenvalue weighted by Gasteiger charge is 2.38. The van der Waals surface area contributed by atoms with Crippen LogP contribution in [0.3, 0.4) is 0 Å². The average Bonchev–Trinajstić information content (AvgIpc) is 2.16. The fourth-order valence-electron chi connectivity index (χ4n) is 2.74. The van der Waals surface area contributed by atoms with Crippen LogP contribution in [0.4, 0.5) is 0 Å². The van der Waals surface area contributed by atoms with Gasteiger partial charge in [0.1, 0.15) is 0 Å². The standard InChI is InChI=1S/C11H22/c1-5-6-10-9(2)7-8-11(10,3)4/h9-10H,5-8H2,1-4H3. The lowest BCUT2D eigenvalue weighted by molar-refractivity contribution is 0.210. The number of hydrogen-bond donors (Lipinski definition) is 0. The minimum absolute atomic E-state index is 0.634. The summed E-state index contributed by atoms with van der Waals surface area (Å²) in [6.45, 7) is 9.61. The van der Waals surface area contributed by atoms with Gasteiger partial charge in [0.2, 0.25) is 0 Å². The summed E-state index contributed by atoms with van der Waals surface area (Å²) in [4.78, 5) is 0. The van der Waals surface area contributed by atoms with Crippen molar-refractivity contribution in [1.29, 1.82) is 0 Å². The summed E-state index contributed by atoms with van der Waals surface area (Å²) in [7, 11) is 0. The first-order valence-corrected chi connectivity index (χ1v) is 5.08. The first-order chi connectivity index (χ1) is 5.08. The summed E-state index contributed by atoms with van der Waals surface area (Å²) in [6, 6.07) is 0. The summed E-state index contributed by atoms with van der Waals surface area (Å²) in [6.07, 6.45) is 5.70. The van der Waals surface area contributed by atoms with Crippen LogP contribution in [-0.2, 0) is 0 Å². The van der Waals surface area contributed by atoms with Crippen LogP contribution in [-0.4, -0.2) is 0 Å². The van der Waals surface area contributed by atoms with Crippen LogP contribution in [0.15, 0.2) is 0 Å². The quantitative estimate of drug-likeness (QED) is 0.566. The Bertz CT molecular complexity index is 124. The van der Waals surface area contributed by atoms with Crippen molar-refractivity contribution >= 4 is 0 Å². The lowest BCUT2D eigenvalue weighted by Crippen LogP contribution is -2.20. The molecule has 11 heavy (non-hydrogen) atoms. The molecule has 1 fully saturated rings. The maximum atomic E-state index is 2.44. The highest BCUT2D eigenvalue weighted by molar-refractivity contribution is 4.88. The second-order valence-corrected chi connectivity index (χ2v) is 4.90. The van der Waals surface area contributed by atoms with E-state index in [1.807, 2.05) is 0 Å². The van der Waals surface area contributed by atoms with Crippen molar-refractivity contribution in [3.63, 3.8) is 0 Å². The molecule has 0 heteroatoms. The molecule has 2 unspecified atom stereocenters. The average molecular weight is 154 g/mol. The number of hydrogen-bond acceptors (Lipinski definition) is 0. The maximum Gasteiger partial charge on any atom is -0.0323 e. The zero-order chi connectivity index (χ0) is 8.48. The summed E-state index contributed by atoms with van der Waals surface area (Å²) in [5.41, 5.74) is 0.634. The molecular formula is C11H22. The van der Waals surface area contributed by atoms with Gasteiger partial charge >= 0.3 is 0 Å². The highest BCUT2D eigenvalue weighted by atomic mass is 14.4. The predicted molar refractivity (Wildman–Crippen MR) is 50.6 cm³/mol. The summed E-state index contributed by atoms with van der Waals surface area (Å²) in [5.74, 6) is 1.97. The van der Waals surface area contributed by atoms with E-state index in [1.54, 1.807) is 0 Å². The molecule has 1 aliphatic rings. The van der Waals surface area contributed by atoms with Crippen molar-refractivity contribution in [1.82, 2.24) is 0 Å². The Morgan fingerprint density at radius 3 is 2.36 bits per heavy atom. The van der Waals surface area contributed by atoms with Gasteiger partial charge in [-0.15, -0.1) is 0 Å². The highest BCUT2D eigenvalue weighted by Crippen LogP contribution is 2.48. The first-order valence-electron chi connectivity index (χ1n) is 5.08. The van der Waals surface area contributed by atoms with Gasteiger partial charge in [-0.1, -0.05) is 34.1 Å². The van der Waals surface area contributed by atoms with E-state index in [0.29, 0.717) is 5.41 Å². The second-order valence-electron chi connectivity index (χ2n) is 4.90. The fraction of sp³-hybridized carbons (Fsp3) is 1.00. The van der Waals surface area contributed by atoms with Crippen molar-refractivity contribution in [2.24, 2.45) is 17.3 Å². The second kappa shape index (κ2) is 3.16. The van der Waals surface area contributed by atoms with Crippen molar-refractivity contribution in [2.75, 3.05) is 0 Å². The zero-order valence-electron chi connectivity index (χ0n) is 8.48. The Morgan fingerprint density at radius 1 is 1.36 bits per heavy atom. The van der Waals surface area contributed by atoms with Gasteiger partial charge in [0.05, 0.1) is 0 Å². The molecule has 1 rings (SSSR count). The van der Waals surface area contributed by atoms with Gasteiger partial charge in [0.15, 0.2) is 0 Å². The molecule has 0 radical (unpaired) electrons. The van der Waals surface area contributed by atoms with E-state index in [9.17, 15) is 0 Å². The van der Waals surface area contributed by atoms with Gasteiger partial charge in [0, 0.05) is 0 Å². The van der Waals surface area contributed by atoms with Crippen LogP contribution in [0.2, 0.25) is 0 Å². The maximum absolute atomic E-state index is 2.44. The third-order valence-electron chi connectivity index (χ3n) is 3.53. The van der Waals surface area contributed by atoms with Crippen molar-refractivity contribution in [3.05, 3.63) is 0 Å². The van der Waals surface area contributed by atoms with Crippen LogP contribution in [0.25, 0.3) is 0 Å². The minimum Gasteiger partial charge on any atom is -0.0654 e. The molecule has 0 N–H and O–H groups in total. The van der Waals surface area contributed by atoms with Gasteiger partial charge in [-0.3, -0.25) is 0 Å². The van der Waals surface area contributed by atoms with Crippen molar-refractivity contribution in [2.45, 2.75) is 53.4 Å². The molecule has 0 saturated heterocycles. The van der Waals surface area contributed by atoms with Crippen LogP contribution < -0.4 is 0 Å². The Balaban J connectivity index is 2.57. The molecule has 0 spiro atoms. The molecule has 0 nitrogen and oxygen atoms in total. The van der Waals surface area contributed by atoms with E-state index in [1.165, 1.54) is 25.7 Å². The van der Waals surface area contributed by atoms with E-state index >= 15 is 0 Å². The van der Waals surface area contributed by atoms with E-state index in [4.69, 9.17) is 0 Å². The SMILES string of the molecule is CCCC1C(C)CCC1(C)C. The lowest BCUT2D eigenvalue weighted by atomic mass is 9.77.